The van der Waals surface area contributed by atoms with Crippen LogP contribution >= 0.6 is 0 Å². The van der Waals surface area contributed by atoms with Gasteiger partial charge in [-0.05, 0) is 43.0 Å². The smallest absolute Gasteiger partial charge is 0.255 e. The minimum atomic E-state index is -0.659. The van der Waals surface area contributed by atoms with E-state index in [2.05, 4.69) is 16.7 Å². The molecule has 0 bridgehead atoms. The molecule has 4 amide bonds. The predicted molar refractivity (Wildman–Crippen MR) is 121 cm³/mol. The molecule has 6 rings (SSSR count). The predicted octanol–water partition coefficient (Wildman–Crippen LogP) is 1.94. The number of carbonyl (C=O) groups is 4. The van der Waals surface area contributed by atoms with Gasteiger partial charge in [-0.2, -0.15) is 0 Å². The molecule has 3 aliphatic heterocycles. The molecule has 1 unspecified atom stereocenters. The number of carbonyl (C=O) groups excluding carboxylic acids is 4. The molecule has 1 atom stereocenters. The Kier molecular flexibility index (Phi) is 4.33. The highest BCUT2D eigenvalue weighted by molar-refractivity contribution is 6.06. The van der Waals surface area contributed by atoms with Crippen molar-refractivity contribution in [3.63, 3.8) is 0 Å². The van der Waals surface area contributed by atoms with E-state index in [0.29, 0.717) is 12.0 Å². The quantitative estimate of drug-likeness (QED) is 0.703. The van der Waals surface area contributed by atoms with Gasteiger partial charge in [0, 0.05) is 47.4 Å². The van der Waals surface area contributed by atoms with Crippen molar-refractivity contribution < 1.29 is 19.2 Å². The molecule has 2 fully saturated rings. The van der Waals surface area contributed by atoms with E-state index in [1.807, 2.05) is 29.2 Å². The summed E-state index contributed by atoms with van der Waals surface area (Å²) in [6, 6.07) is 12.9. The van der Waals surface area contributed by atoms with Gasteiger partial charge in [-0.3, -0.25) is 24.5 Å². The molecule has 8 heteroatoms. The second-order valence-electron chi connectivity index (χ2n) is 9.36. The molecule has 168 valence electrons. The molecule has 2 N–H and O–H groups in total. The topological polar surface area (TPSA) is 98.8 Å². The SMILES string of the molecule is O=C1CCC(N2Cc3c(NCC(=O)N4CC5(CC5)c5ccccc54)cccc3C2=O)C(=O)N1. The van der Waals surface area contributed by atoms with E-state index in [1.165, 1.54) is 10.5 Å². The van der Waals surface area contributed by atoms with Crippen molar-refractivity contribution in [3.05, 3.63) is 59.2 Å². The first-order valence-electron chi connectivity index (χ1n) is 11.4. The highest BCUT2D eigenvalue weighted by Gasteiger charge is 2.52. The lowest BCUT2D eigenvalue weighted by molar-refractivity contribution is -0.137. The maximum absolute atomic E-state index is 13.1. The molecular weight excluding hydrogens is 420 g/mol. The first-order chi connectivity index (χ1) is 16.0. The Morgan fingerprint density at radius 2 is 1.91 bits per heavy atom. The molecule has 1 saturated carbocycles. The highest BCUT2D eigenvalue weighted by atomic mass is 16.2. The zero-order valence-electron chi connectivity index (χ0n) is 18.1. The number of nitrogens with one attached hydrogen (secondary N) is 2. The van der Waals surface area contributed by atoms with Crippen LogP contribution in [0.3, 0.4) is 0 Å². The Morgan fingerprint density at radius 3 is 2.70 bits per heavy atom. The molecule has 2 aromatic carbocycles. The summed E-state index contributed by atoms with van der Waals surface area (Å²) in [5.74, 6) is -0.967. The van der Waals surface area contributed by atoms with Crippen molar-refractivity contribution in [2.75, 3.05) is 23.3 Å². The molecule has 1 aliphatic carbocycles. The summed E-state index contributed by atoms with van der Waals surface area (Å²) in [6.45, 7) is 1.11. The molecule has 2 aromatic rings. The van der Waals surface area contributed by atoms with Gasteiger partial charge >= 0.3 is 0 Å². The van der Waals surface area contributed by atoms with Gasteiger partial charge in [0.05, 0.1) is 6.54 Å². The van der Waals surface area contributed by atoms with Gasteiger partial charge in [0.1, 0.15) is 6.04 Å². The fourth-order valence-corrected chi connectivity index (χ4v) is 5.45. The molecule has 0 radical (unpaired) electrons. The van der Waals surface area contributed by atoms with Crippen LogP contribution in [-0.4, -0.2) is 47.7 Å². The summed E-state index contributed by atoms with van der Waals surface area (Å²) < 4.78 is 0. The summed E-state index contributed by atoms with van der Waals surface area (Å²) in [5, 5.41) is 5.56. The molecule has 1 spiro atoms. The van der Waals surface area contributed by atoms with Crippen molar-refractivity contribution in [2.24, 2.45) is 0 Å². The third-order valence-corrected chi connectivity index (χ3v) is 7.39. The number of hydrogen-bond acceptors (Lipinski definition) is 5. The first kappa shape index (κ1) is 20.0. The van der Waals surface area contributed by atoms with Crippen LogP contribution in [-0.2, 0) is 26.3 Å². The van der Waals surface area contributed by atoms with Gasteiger partial charge in [0.15, 0.2) is 0 Å². The Labute approximate surface area is 190 Å². The summed E-state index contributed by atoms with van der Waals surface area (Å²) in [5.41, 5.74) is 4.43. The molecule has 4 aliphatic rings. The fourth-order valence-electron chi connectivity index (χ4n) is 5.45. The van der Waals surface area contributed by atoms with Gasteiger partial charge in [0.2, 0.25) is 17.7 Å². The number of imide groups is 1. The van der Waals surface area contributed by atoms with Gasteiger partial charge in [-0.15, -0.1) is 0 Å². The molecule has 1 saturated heterocycles. The standard InChI is InChI=1S/C25H24N4O4/c30-21-9-8-20(23(32)27-21)28-13-16-15(24(28)33)4-3-6-18(16)26-12-22(31)29-14-25(10-11-25)17-5-1-2-7-19(17)29/h1-7,20,26H,8-14H2,(H,27,30,32). The number of anilines is 2. The average molecular weight is 444 g/mol. The third-order valence-electron chi connectivity index (χ3n) is 7.39. The van der Waals surface area contributed by atoms with Crippen LogP contribution in [0.1, 0.15) is 47.2 Å². The second kappa shape index (κ2) is 7.16. The normalized spacial score (nSPS) is 22.3. The molecule has 0 aromatic heterocycles. The Hall–Kier alpha value is -3.68. The van der Waals surface area contributed by atoms with E-state index in [9.17, 15) is 19.2 Å². The van der Waals surface area contributed by atoms with Gasteiger partial charge < -0.3 is 15.1 Å². The highest BCUT2D eigenvalue weighted by Crippen LogP contribution is 2.56. The van der Waals surface area contributed by atoms with Gasteiger partial charge in [-0.25, -0.2) is 0 Å². The van der Waals surface area contributed by atoms with Crippen molar-refractivity contribution in [1.82, 2.24) is 10.2 Å². The zero-order valence-corrected chi connectivity index (χ0v) is 18.1. The van der Waals surface area contributed by atoms with Crippen LogP contribution in [0.25, 0.3) is 0 Å². The molecule has 8 nitrogen and oxygen atoms in total. The lowest BCUT2D eigenvalue weighted by Crippen LogP contribution is -2.52. The molecular formula is C25H24N4O4. The minimum Gasteiger partial charge on any atom is -0.376 e. The number of piperidine rings is 1. The summed E-state index contributed by atoms with van der Waals surface area (Å²) in [4.78, 5) is 53.3. The second-order valence-corrected chi connectivity index (χ2v) is 9.36. The van der Waals surface area contributed by atoms with E-state index in [-0.39, 0.29) is 42.6 Å². The largest absolute Gasteiger partial charge is 0.376 e. The van der Waals surface area contributed by atoms with Crippen molar-refractivity contribution in [3.8, 4) is 0 Å². The van der Waals surface area contributed by atoms with E-state index in [1.54, 1.807) is 12.1 Å². The number of rotatable bonds is 4. The van der Waals surface area contributed by atoms with E-state index < -0.39 is 11.9 Å². The Morgan fingerprint density at radius 1 is 1.09 bits per heavy atom. The summed E-state index contributed by atoms with van der Waals surface area (Å²) in [7, 11) is 0. The maximum atomic E-state index is 13.1. The van der Waals surface area contributed by atoms with Crippen LogP contribution in [0.5, 0.6) is 0 Å². The summed E-state index contributed by atoms with van der Waals surface area (Å²) in [6.07, 6.45) is 2.77. The van der Waals surface area contributed by atoms with E-state index in [4.69, 9.17) is 0 Å². The van der Waals surface area contributed by atoms with Crippen LogP contribution in [0.2, 0.25) is 0 Å². The number of fused-ring (bicyclic) bond motifs is 3. The lowest BCUT2D eigenvalue weighted by atomic mass is 9.99. The molecule has 33 heavy (non-hydrogen) atoms. The molecule has 3 heterocycles. The number of amides is 4. The number of para-hydroxylation sites is 1. The minimum absolute atomic E-state index is 0.00446. The van der Waals surface area contributed by atoms with Crippen molar-refractivity contribution in [1.29, 1.82) is 0 Å². The summed E-state index contributed by atoms with van der Waals surface area (Å²) >= 11 is 0. The number of nitrogens with zero attached hydrogens (tertiary/aromatic N) is 2. The zero-order chi connectivity index (χ0) is 22.7. The lowest BCUT2D eigenvalue weighted by Gasteiger charge is -2.29. The van der Waals surface area contributed by atoms with Crippen LogP contribution in [0.4, 0.5) is 11.4 Å². The van der Waals surface area contributed by atoms with Gasteiger partial charge in [0.25, 0.3) is 5.91 Å². The van der Waals surface area contributed by atoms with Gasteiger partial charge in [-0.1, -0.05) is 24.3 Å². The van der Waals surface area contributed by atoms with E-state index in [0.717, 1.165) is 36.3 Å². The van der Waals surface area contributed by atoms with Crippen LogP contribution in [0, 0.1) is 0 Å². The first-order valence-corrected chi connectivity index (χ1v) is 11.4. The van der Waals surface area contributed by atoms with Crippen molar-refractivity contribution in [2.45, 2.75) is 43.7 Å². The maximum Gasteiger partial charge on any atom is 0.255 e. The average Bonchev–Trinajstić information content (AvgIpc) is 3.42. The monoisotopic (exact) mass is 444 g/mol. The fraction of sp³-hybridized carbons (Fsp3) is 0.360. The van der Waals surface area contributed by atoms with Crippen LogP contribution in [0.15, 0.2) is 42.5 Å². The Bertz CT molecular complexity index is 1220. The van der Waals surface area contributed by atoms with Crippen molar-refractivity contribution >= 4 is 35.0 Å². The Balaban J connectivity index is 1.18. The number of hydrogen-bond donors (Lipinski definition) is 2. The van der Waals surface area contributed by atoms with Crippen LogP contribution < -0.4 is 15.5 Å². The van der Waals surface area contributed by atoms with E-state index >= 15 is 0 Å². The number of benzene rings is 2. The third kappa shape index (κ3) is 3.12.